The summed E-state index contributed by atoms with van der Waals surface area (Å²) in [7, 11) is -7.10. The summed E-state index contributed by atoms with van der Waals surface area (Å²) < 4.78 is 46.9. The van der Waals surface area contributed by atoms with Crippen LogP contribution in [0.15, 0.2) is 328 Å². The second-order valence-electron chi connectivity index (χ2n) is 23.0. The maximum atomic E-state index is 16.8. The Hall–Kier alpha value is -10.5. The van der Waals surface area contributed by atoms with Crippen molar-refractivity contribution in [3.05, 3.63) is 372 Å². The first-order valence-electron chi connectivity index (χ1n) is 30.2. The molecule has 0 saturated carbocycles. The van der Waals surface area contributed by atoms with Crippen LogP contribution in [-0.2, 0) is 27.4 Å². The van der Waals surface area contributed by atoms with E-state index in [1.165, 1.54) is 5.56 Å². The molecule has 13 aromatic carbocycles. The molecule has 6 nitrogen and oxygen atoms in total. The van der Waals surface area contributed by atoms with Gasteiger partial charge in [-0.05, 0) is 142 Å². The molecule has 3 heterocycles. The Labute approximate surface area is 519 Å². The molecule has 0 amide bonds. The van der Waals surface area contributed by atoms with Crippen molar-refractivity contribution in [2.24, 2.45) is 0 Å². The van der Waals surface area contributed by atoms with Crippen LogP contribution < -0.4 is 51.1 Å². The van der Waals surface area contributed by atoms with Crippen LogP contribution in [0.1, 0.15) is 44.5 Å². The summed E-state index contributed by atoms with van der Waals surface area (Å²) in [6.45, 7) is 0. The van der Waals surface area contributed by atoms with Crippen molar-refractivity contribution in [3.8, 4) is 23.0 Å². The van der Waals surface area contributed by atoms with Gasteiger partial charge in [-0.25, -0.2) is 0 Å². The van der Waals surface area contributed by atoms with Crippen LogP contribution in [0.3, 0.4) is 0 Å². The van der Waals surface area contributed by atoms with Gasteiger partial charge in [-0.2, -0.15) is 0 Å². The maximum absolute atomic E-state index is 16.8. The van der Waals surface area contributed by atoms with Crippen molar-refractivity contribution < 1.29 is 18.6 Å². The lowest BCUT2D eigenvalue weighted by Gasteiger charge is -2.47. The molecule has 0 radical (unpaired) electrons. The minimum Gasteiger partial charge on any atom is -0.456 e. The molecule has 89 heavy (non-hydrogen) atoms. The second kappa shape index (κ2) is 22.0. The van der Waals surface area contributed by atoms with E-state index < -0.39 is 19.7 Å². The first kappa shape index (κ1) is 54.0. The fourth-order valence-electron chi connectivity index (χ4n) is 14.0. The molecule has 2 atom stereocenters. The molecule has 426 valence electrons. The number of rotatable bonds is 12. The number of hydrogen-bond acceptors (Lipinski definition) is 6. The summed E-state index contributed by atoms with van der Waals surface area (Å²) in [6, 6.07) is 113. The molecule has 13 aromatic rings. The number of benzene rings is 13. The van der Waals surface area contributed by atoms with Crippen LogP contribution in [0.2, 0.25) is 0 Å². The lowest BCUT2D eigenvalue weighted by Crippen LogP contribution is -2.38. The average molecular weight is 1190 g/mol. The van der Waals surface area contributed by atoms with E-state index in [-0.39, 0.29) is 0 Å². The molecule has 3 aliphatic rings. The van der Waals surface area contributed by atoms with E-state index in [4.69, 9.17) is 9.47 Å². The smallest absolute Gasteiger partial charge is 0.178 e. The van der Waals surface area contributed by atoms with Crippen LogP contribution in [0.25, 0.3) is 0 Å². The third-order valence-electron chi connectivity index (χ3n) is 17.9. The number of hydrogen-bond donors (Lipinski definition) is 0. The highest BCUT2D eigenvalue weighted by atomic mass is 31.2. The summed E-state index contributed by atoms with van der Waals surface area (Å²) in [5.74, 6) is 2.30. The lowest BCUT2D eigenvalue weighted by molar-refractivity contribution is 0.485. The largest absolute Gasteiger partial charge is 0.456 e. The number of anilines is 6. The van der Waals surface area contributed by atoms with Crippen molar-refractivity contribution in [1.29, 1.82) is 0 Å². The molecule has 0 bridgehead atoms. The zero-order valence-electron chi connectivity index (χ0n) is 48.5. The zero-order chi connectivity index (χ0) is 59.5. The molecule has 3 aliphatic heterocycles. The van der Waals surface area contributed by atoms with Gasteiger partial charge in [-0.15, -0.1) is 0 Å². The van der Waals surface area contributed by atoms with Gasteiger partial charge in [0.2, 0.25) is 0 Å². The normalized spacial score (nSPS) is 16.4. The quantitative estimate of drug-likeness (QED) is 0.114. The van der Waals surface area contributed by atoms with E-state index in [2.05, 4.69) is 216 Å². The molecule has 16 rings (SSSR count). The van der Waals surface area contributed by atoms with Gasteiger partial charge in [0, 0.05) is 27.7 Å². The van der Waals surface area contributed by atoms with Crippen molar-refractivity contribution >= 4 is 80.2 Å². The highest BCUT2D eigenvalue weighted by molar-refractivity contribution is 7.86. The Balaban J connectivity index is 1.02. The van der Waals surface area contributed by atoms with E-state index >= 15 is 9.13 Å². The fraction of sp³-hybridized carbons (Fsp3) is 0.0370. The van der Waals surface area contributed by atoms with Crippen molar-refractivity contribution in [2.75, 3.05) is 9.80 Å². The third kappa shape index (κ3) is 8.85. The van der Waals surface area contributed by atoms with Crippen molar-refractivity contribution in [2.45, 2.75) is 18.3 Å². The average Bonchev–Trinajstić information content (AvgIpc) is 0.710. The molecular weight excluding hydrogens is 1130 g/mol. The van der Waals surface area contributed by atoms with Gasteiger partial charge in [0.05, 0.1) is 43.7 Å². The predicted octanol–water partition coefficient (Wildman–Crippen LogP) is 18.0. The van der Waals surface area contributed by atoms with Gasteiger partial charge >= 0.3 is 0 Å². The summed E-state index contributed by atoms with van der Waals surface area (Å²) >= 11 is 0. The molecule has 0 aliphatic carbocycles. The molecule has 2 unspecified atom stereocenters. The summed E-state index contributed by atoms with van der Waals surface area (Å²) in [4.78, 5) is 4.81. The molecule has 8 heteroatoms. The van der Waals surface area contributed by atoms with Crippen LogP contribution in [-0.4, -0.2) is 0 Å². The first-order chi connectivity index (χ1) is 43.9. The summed E-state index contributed by atoms with van der Waals surface area (Å²) in [6.07, 6.45) is 1.19. The third-order valence-corrected chi connectivity index (χ3v) is 24.1. The monoisotopic (exact) mass is 1180 g/mol. The zero-order valence-corrected chi connectivity index (χ0v) is 50.3. The van der Waals surface area contributed by atoms with Crippen molar-refractivity contribution in [1.82, 2.24) is 0 Å². The maximum Gasteiger partial charge on any atom is 0.178 e. The SMILES string of the molecule is O=P1(c2ccccc2)c2ccccc2Oc2ccc(N(c3ccccc3Cc3ccccc3)c3cc4c(cc3Cc3ccccc3)N(c3ccc5c(c3)P(=O)(c3ccccc3)c3ccccc3O5)c3ccccc3C4(c3ccccc3)c3ccccc3)cc21. The Bertz CT molecular complexity index is 4890. The van der Waals surface area contributed by atoms with Gasteiger partial charge < -0.3 is 28.4 Å². The van der Waals surface area contributed by atoms with E-state index in [0.717, 1.165) is 83.7 Å². The van der Waals surface area contributed by atoms with Gasteiger partial charge in [0.1, 0.15) is 23.0 Å². The van der Waals surface area contributed by atoms with E-state index in [0.29, 0.717) is 57.1 Å². The molecule has 0 saturated heterocycles. The summed E-state index contributed by atoms with van der Waals surface area (Å²) in [5, 5.41) is 4.07. The molecule has 0 spiro atoms. The molecule has 0 N–H and O–H groups in total. The minimum absolute atomic E-state index is 0.544. The number of ether oxygens (including phenoxy) is 2. The Morgan fingerprint density at radius 2 is 0.787 bits per heavy atom. The van der Waals surface area contributed by atoms with E-state index in [1.54, 1.807) is 0 Å². The fourth-order valence-corrected chi connectivity index (χ4v) is 19.7. The highest BCUT2D eigenvalue weighted by Gasteiger charge is 2.49. The van der Waals surface area contributed by atoms with Gasteiger partial charge in [-0.1, -0.05) is 243 Å². The Morgan fingerprint density at radius 1 is 0.337 bits per heavy atom. The molecule has 0 fully saturated rings. The first-order valence-corrected chi connectivity index (χ1v) is 33.6. The number of nitrogens with zero attached hydrogens (tertiary/aromatic N) is 2. The van der Waals surface area contributed by atoms with Crippen LogP contribution in [0.4, 0.5) is 34.1 Å². The molecular formula is C81H58N2O4P2. The number of fused-ring (bicyclic) bond motifs is 6. The topological polar surface area (TPSA) is 59.1 Å². The van der Waals surface area contributed by atoms with Crippen LogP contribution in [0, 0.1) is 0 Å². The Kier molecular flexibility index (Phi) is 13.4. The van der Waals surface area contributed by atoms with Crippen LogP contribution in [0.5, 0.6) is 23.0 Å². The van der Waals surface area contributed by atoms with Crippen molar-refractivity contribution in [3.63, 3.8) is 0 Å². The predicted molar refractivity (Wildman–Crippen MR) is 365 cm³/mol. The standard InChI is InChI=1S/C81H58N2O4P2/c84-88(65-36-15-5-16-37-65)77-45-25-23-43-73(77)86-75-49-47-63(54-79(75)88)82(69-41-21-19-31-59(69)51-57-27-7-1-8-28-57)71-56-68-72(53-60(71)52-58-29-9-2-10-30-58)83(70-42-22-20-40-67(70)81(68,61-32-11-3-12-33-61)62-34-13-4-14-35-62)64-48-50-76-80(55-64)89(85,66-38-17-6-18-39-66)78-46-26-24-44-74(78)87-76/h1-50,53-56H,51-52H2. The van der Waals surface area contributed by atoms with E-state index in [1.807, 2.05) is 121 Å². The summed E-state index contributed by atoms with van der Waals surface area (Å²) in [5.41, 5.74) is 13.3. The lowest BCUT2D eigenvalue weighted by atomic mass is 9.62. The van der Waals surface area contributed by atoms with Gasteiger partial charge in [0.15, 0.2) is 14.3 Å². The Morgan fingerprint density at radius 3 is 1.37 bits per heavy atom. The highest BCUT2D eigenvalue weighted by Crippen LogP contribution is 2.61. The van der Waals surface area contributed by atoms with E-state index in [9.17, 15) is 0 Å². The molecule has 0 aromatic heterocycles. The minimum atomic E-state index is -3.57. The second-order valence-corrected chi connectivity index (χ2v) is 28.4. The number of para-hydroxylation sites is 4. The van der Waals surface area contributed by atoms with Gasteiger partial charge in [0.25, 0.3) is 0 Å². The van der Waals surface area contributed by atoms with Gasteiger partial charge in [-0.3, -0.25) is 0 Å². The van der Waals surface area contributed by atoms with Crippen LogP contribution >= 0.6 is 14.3 Å².